The highest BCUT2D eigenvalue weighted by Gasteiger charge is 2.37. The smallest absolute Gasteiger partial charge is 0.0702 e. The Morgan fingerprint density at radius 3 is 2.53 bits per heavy atom. The summed E-state index contributed by atoms with van der Waals surface area (Å²) < 4.78 is 5.72. The van der Waals surface area contributed by atoms with Crippen molar-refractivity contribution in [2.75, 3.05) is 20.2 Å². The average molecular weight is 269 g/mol. The molecule has 1 heterocycles. The molecule has 3 nitrogen and oxygen atoms in total. The zero-order valence-corrected chi connectivity index (χ0v) is 13.1. The van der Waals surface area contributed by atoms with Crippen molar-refractivity contribution >= 4 is 0 Å². The lowest BCUT2D eigenvalue weighted by Gasteiger charge is -2.44. The van der Waals surface area contributed by atoms with Crippen molar-refractivity contribution in [1.82, 2.24) is 4.90 Å². The summed E-state index contributed by atoms with van der Waals surface area (Å²) in [6, 6.07) is 0.308. The topological polar surface area (TPSA) is 32.7 Å². The highest BCUT2D eigenvalue weighted by molar-refractivity contribution is 4.90. The van der Waals surface area contributed by atoms with Crippen LogP contribution in [0.4, 0.5) is 0 Å². The third kappa shape index (κ3) is 3.93. The summed E-state index contributed by atoms with van der Waals surface area (Å²) in [6.07, 6.45) is 5.81. The molecule has 1 aliphatic carbocycles. The van der Waals surface area contributed by atoms with Crippen LogP contribution in [-0.2, 0) is 4.74 Å². The minimum Gasteiger partial charge on any atom is -0.391 e. The quantitative estimate of drug-likeness (QED) is 0.855. The SMILES string of the molecule is CN(CC1CCCO1)C1CC(C(C)(C)C)CCC1O. The van der Waals surface area contributed by atoms with Crippen LogP contribution < -0.4 is 0 Å². The molecule has 2 aliphatic rings. The minimum absolute atomic E-state index is 0.162. The van der Waals surface area contributed by atoms with Crippen molar-refractivity contribution in [3.05, 3.63) is 0 Å². The van der Waals surface area contributed by atoms with Crippen LogP contribution in [0.15, 0.2) is 0 Å². The molecule has 3 heteroatoms. The second-order valence-corrected chi connectivity index (χ2v) is 7.59. The monoisotopic (exact) mass is 269 g/mol. The maximum absolute atomic E-state index is 10.3. The van der Waals surface area contributed by atoms with Gasteiger partial charge in [0.05, 0.1) is 12.2 Å². The molecule has 19 heavy (non-hydrogen) atoms. The van der Waals surface area contributed by atoms with Crippen LogP contribution in [0, 0.1) is 11.3 Å². The van der Waals surface area contributed by atoms with E-state index in [1.54, 1.807) is 0 Å². The zero-order valence-electron chi connectivity index (χ0n) is 13.1. The number of aliphatic hydroxyl groups is 1. The Labute approximate surface area is 118 Å². The fourth-order valence-corrected chi connectivity index (χ4v) is 3.64. The van der Waals surface area contributed by atoms with Crippen LogP contribution in [0.25, 0.3) is 0 Å². The van der Waals surface area contributed by atoms with E-state index in [0.717, 1.165) is 32.4 Å². The van der Waals surface area contributed by atoms with Crippen molar-refractivity contribution in [2.45, 2.75) is 71.1 Å². The Bertz CT molecular complexity index is 281. The summed E-state index contributed by atoms with van der Waals surface area (Å²) in [5.74, 6) is 0.716. The van der Waals surface area contributed by atoms with Crippen molar-refractivity contribution in [3.63, 3.8) is 0 Å². The van der Waals surface area contributed by atoms with Crippen LogP contribution in [0.1, 0.15) is 52.9 Å². The van der Waals surface area contributed by atoms with E-state index in [1.807, 2.05) is 0 Å². The van der Waals surface area contributed by atoms with E-state index >= 15 is 0 Å². The van der Waals surface area contributed by atoms with E-state index < -0.39 is 0 Å². The van der Waals surface area contributed by atoms with Crippen molar-refractivity contribution in [2.24, 2.45) is 11.3 Å². The van der Waals surface area contributed by atoms with Gasteiger partial charge in [0.15, 0.2) is 0 Å². The number of nitrogens with zero attached hydrogens (tertiary/aromatic N) is 1. The molecule has 0 amide bonds. The van der Waals surface area contributed by atoms with Crippen LogP contribution >= 0.6 is 0 Å². The first-order valence-electron chi connectivity index (χ1n) is 7.88. The predicted molar refractivity (Wildman–Crippen MR) is 78.2 cm³/mol. The van der Waals surface area contributed by atoms with Gasteiger partial charge in [-0.15, -0.1) is 0 Å². The Kier molecular flexibility index (Phi) is 4.91. The van der Waals surface area contributed by atoms with Crippen LogP contribution in [-0.4, -0.2) is 48.5 Å². The standard InChI is InChI=1S/C16H31NO2/c1-16(2,3)12-7-8-15(18)14(10-12)17(4)11-13-6-5-9-19-13/h12-15,18H,5-11H2,1-4H3. The van der Waals surface area contributed by atoms with Crippen molar-refractivity contribution in [1.29, 1.82) is 0 Å². The molecule has 0 radical (unpaired) electrons. The van der Waals surface area contributed by atoms with Gasteiger partial charge in [0.25, 0.3) is 0 Å². The number of hydrogen-bond acceptors (Lipinski definition) is 3. The fraction of sp³-hybridized carbons (Fsp3) is 1.00. The maximum atomic E-state index is 10.3. The molecule has 1 saturated carbocycles. The molecule has 112 valence electrons. The van der Waals surface area contributed by atoms with Gasteiger partial charge in [-0.05, 0) is 50.5 Å². The molecular formula is C16H31NO2. The third-order valence-electron chi connectivity index (χ3n) is 5.09. The van der Waals surface area contributed by atoms with Gasteiger partial charge < -0.3 is 9.84 Å². The van der Waals surface area contributed by atoms with Crippen LogP contribution in [0.3, 0.4) is 0 Å². The Balaban J connectivity index is 1.92. The number of rotatable bonds is 3. The number of likely N-dealkylation sites (N-methyl/N-ethyl adjacent to an activating group) is 1. The van der Waals surface area contributed by atoms with E-state index in [2.05, 4.69) is 32.7 Å². The lowest BCUT2D eigenvalue weighted by atomic mass is 9.70. The summed E-state index contributed by atoms with van der Waals surface area (Å²) in [4.78, 5) is 2.35. The van der Waals surface area contributed by atoms with Gasteiger partial charge in [0.1, 0.15) is 0 Å². The van der Waals surface area contributed by atoms with Crippen molar-refractivity contribution < 1.29 is 9.84 Å². The fourth-order valence-electron chi connectivity index (χ4n) is 3.64. The van der Waals surface area contributed by atoms with E-state index in [1.165, 1.54) is 12.8 Å². The van der Waals surface area contributed by atoms with Crippen LogP contribution in [0.5, 0.6) is 0 Å². The Morgan fingerprint density at radius 1 is 1.21 bits per heavy atom. The summed E-state index contributed by atoms with van der Waals surface area (Å²) >= 11 is 0. The summed E-state index contributed by atoms with van der Waals surface area (Å²) in [5, 5.41) is 10.3. The van der Waals surface area contributed by atoms with Gasteiger partial charge >= 0.3 is 0 Å². The van der Waals surface area contributed by atoms with Gasteiger partial charge in [0.2, 0.25) is 0 Å². The summed E-state index contributed by atoms with van der Waals surface area (Å²) in [7, 11) is 2.15. The maximum Gasteiger partial charge on any atom is 0.0702 e. The zero-order chi connectivity index (χ0) is 14.0. The summed E-state index contributed by atoms with van der Waals surface area (Å²) in [5.41, 5.74) is 0.350. The average Bonchev–Trinajstić information content (AvgIpc) is 2.80. The van der Waals surface area contributed by atoms with Gasteiger partial charge in [-0.25, -0.2) is 0 Å². The van der Waals surface area contributed by atoms with E-state index in [0.29, 0.717) is 23.5 Å². The van der Waals surface area contributed by atoms with Crippen molar-refractivity contribution in [3.8, 4) is 0 Å². The lowest BCUT2D eigenvalue weighted by Crippen LogP contribution is -2.49. The molecule has 0 aromatic rings. The molecular weight excluding hydrogens is 238 g/mol. The number of hydrogen-bond donors (Lipinski definition) is 1. The van der Waals surface area contributed by atoms with Gasteiger partial charge in [-0.2, -0.15) is 0 Å². The lowest BCUT2D eigenvalue weighted by molar-refractivity contribution is -0.0241. The molecule has 1 N–H and O–H groups in total. The molecule has 2 rings (SSSR count). The number of aliphatic hydroxyl groups excluding tert-OH is 1. The second kappa shape index (κ2) is 6.11. The third-order valence-corrected chi connectivity index (χ3v) is 5.09. The highest BCUT2D eigenvalue weighted by Crippen LogP contribution is 2.39. The van der Waals surface area contributed by atoms with Gasteiger partial charge in [-0.3, -0.25) is 4.90 Å². The molecule has 0 spiro atoms. The first-order valence-corrected chi connectivity index (χ1v) is 7.88. The Morgan fingerprint density at radius 2 is 1.95 bits per heavy atom. The van der Waals surface area contributed by atoms with E-state index in [9.17, 15) is 5.11 Å². The minimum atomic E-state index is -0.162. The Hall–Kier alpha value is -0.120. The van der Waals surface area contributed by atoms with E-state index in [4.69, 9.17) is 4.74 Å². The second-order valence-electron chi connectivity index (χ2n) is 7.59. The molecule has 0 bridgehead atoms. The molecule has 2 fully saturated rings. The largest absolute Gasteiger partial charge is 0.391 e. The molecule has 4 unspecified atom stereocenters. The molecule has 0 aromatic heterocycles. The molecule has 1 aliphatic heterocycles. The molecule has 1 saturated heterocycles. The van der Waals surface area contributed by atoms with Gasteiger partial charge in [0, 0.05) is 19.2 Å². The van der Waals surface area contributed by atoms with Gasteiger partial charge in [-0.1, -0.05) is 20.8 Å². The first kappa shape index (κ1) is 15.3. The van der Waals surface area contributed by atoms with E-state index in [-0.39, 0.29) is 6.10 Å². The molecule has 0 aromatic carbocycles. The predicted octanol–water partition coefficient (Wildman–Crippen LogP) is 2.67. The highest BCUT2D eigenvalue weighted by atomic mass is 16.5. The summed E-state index contributed by atoms with van der Waals surface area (Å²) in [6.45, 7) is 8.86. The normalized spacial score (nSPS) is 36.9. The number of ether oxygens (including phenoxy) is 1. The van der Waals surface area contributed by atoms with Crippen LogP contribution in [0.2, 0.25) is 0 Å². The molecule has 4 atom stereocenters. The first-order chi connectivity index (χ1) is 8.88.